The molecule has 15 heterocycles. The maximum absolute atomic E-state index is 16.2. The van der Waals surface area contributed by atoms with Crippen LogP contribution in [-0.2, 0) is 20.8 Å². The number of hydrogen-bond donors (Lipinski definition) is 4. The molecule has 6 unspecified atom stereocenters. The van der Waals surface area contributed by atoms with Gasteiger partial charge in [-0.05, 0) is 161 Å². The van der Waals surface area contributed by atoms with Gasteiger partial charge in [-0.1, -0.05) is 131 Å². The molecule has 0 saturated carbocycles. The van der Waals surface area contributed by atoms with E-state index in [-0.39, 0.29) is 161 Å². The molecule has 3 fully saturated rings. The lowest BCUT2D eigenvalue weighted by Crippen LogP contribution is -2.62. The van der Waals surface area contributed by atoms with Crippen molar-refractivity contribution >= 4 is 149 Å². The quantitative estimate of drug-likeness (QED) is 0.0652. The highest BCUT2D eigenvalue weighted by atomic mass is 35.5. The number of carbonyl (C=O) groups excluding carboxylic acids is 3. The van der Waals surface area contributed by atoms with Crippen LogP contribution < -0.4 is 47.2 Å². The van der Waals surface area contributed by atoms with Crippen LogP contribution in [0.1, 0.15) is 119 Å². The monoisotopic (exact) mass is 1880 g/mol. The van der Waals surface area contributed by atoms with Gasteiger partial charge in [0.1, 0.15) is 52.5 Å². The second-order valence-electron chi connectivity index (χ2n) is 34.5. The second-order valence-corrected chi connectivity index (χ2v) is 36.9. The van der Waals surface area contributed by atoms with Crippen molar-refractivity contribution in [3.8, 4) is 68.1 Å². The first-order valence-electron chi connectivity index (χ1n) is 42.5. The Morgan fingerprint density at radius 3 is 1.35 bits per heavy atom. The number of benzene rings is 3. The van der Waals surface area contributed by atoms with E-state index < -0.39 is 17.2 Å². The van der Waals surface area contributed by atoms with Crippen LogP contribution in [0.25, 0.3) is 83.9 Å². The SMILES string of the molecule is C=CC(=O)N1CC2CNc3c(c4cc(F)c(-c5cc(O)cc(Cl)c5Cl)nc4n(-c4c(C)ccnc4C(C)C)c3=O)N2CC1C.C=CC(=O)N1CC2COc3c(c4cc(F)c(-c5cc(O)cc(Cl)c5Cl)nc4n(-c4c(C)ccnc4C(C)C)c3=O)N2CC1C.C=CC(=O)N1CC2Cc3c(c4cc(Cl)c(-c5cc(N)ccc5Cl)nc4n(-c4c(C)ccnc4C(C)C)c3=O)N2CC1C. The first kappa shape index (κ1) is 91.1. The fourth-order valence-corrected chi connectivity index (χ4v) is 20.1. The predicted octanol–water partition coefficient (Wildman–Crippen LogP) is 18.0. The molecule has 9 aromatic heterocycles. The minimum atomic E-state index is -0.740. The smallest absolute Gasteiger partial charge is 0.301 e. The van der Waals surface area contributed by atoms with Gasteiger partial charge in [-0.2, -0.15) is 0 Å². The number of nitrogen functional groups attached to an aromatic ring is 1. The third kappa shape index (κ3) is 15.8. The van der Waals surface area contributed by atoms with E-state index in [4.69, 9.17) is 95.0 Å². The third-order valence-electron chi connectivity index (χ3n) is 25.0. The van der Waals surface area contributed by atoms with E-state index in [1.54, 1.807) is 57.2 Å². The lowest BCUT2D eigenvalue weighted by atomic mass is 9.99. The minimum absolute atomic E-state index is 0.00253. The Balaban J connectivity index is 0.000000143. The highest BCUT2D eigenvalue weighted by molar-refractivity contribution is 6.44. The van der Waals surface area contributed by atoms with Crippen molar-refractivity contribution < 1.29 is 38.1 Å². The number of phenols is 2. The van der Waals surface area contributed by atoms with Crippen molar-refractivity contribution in [3.05, 3.63) is 248 Å². The third-order valence-corrected chi connectivity index (χ3v) is 27.2. The van der Waals surface area contributed by atoms with Gasteiger partial charge in [-0.3, -0.25) is 57.4 Å². The summed E-state index contributed by atoms with van der Waals surface area (Å²) >= 11 is 39.0. The van der Waals surface area contributed by atoms with Gasteiger partial charge in [-0.25, -0.2) is 23.7 Å². The maximum Gasteiger partial charge on any atom is 0.301 e. The first-order valence-corrected chi connectivity index (χ1v) is 44.8. The van der Waals surface area contributed by atoms with Gasteiger partial charge in [0.05, 0.1) is 105 Å². The number of hydrogen-bond acceptors (Lipinski definition) is 20. The summed E-state index contributed by atoms with van der Waals surface area (Å²) in [7, 11) is 0. The average Bonchev–Trinajstić information content (AvgIpc) is 0.860. The van der Waals surface area contributed by atoms with E-state index in [1.807, 2.05) is 97.2 Å². The standard InChI is InChI=1S/C32H31Cl2FN6O3.C32H30Cl2FN5O4.C32H32Cl2N6O2/c1-6-24(43)39-14-18-12-37-28-30(40(18)13-17(39)5)21-11-23(35)27(20-9-19(42)10-22(33)25(20)34)38-31(21)41(32(28)44)29-16(4)7-8-36-26(29)15(2)3;1-6-24(42)38-13-18-14-44-30-29(39(18)12-17(38)5)21-11-23(35)27(20-9-19(41)10-22(33)25(20)34)37-31(21)40(32(30)43)28-16(4)7-8-36-26(28)15(2)3;1-6-26(41)38-15-20-12-23-30(39(20)14-18(38)5)22-13-25(34)28(21-11-19(35)7-8-24(21)33)37-31(22)40(32(23)42)29-17(4)9-10-36-27(29)16(2)3/h6-11,15,17-18,37,42H,1,12-14H2,2-5H3;6-11,15,17-18,41H,1,12-14H2,2-5H3;6-11,13,16,18,20H,1,12,14-15,35H2,2-5H3. The molecule has 0 radical (unpaired) electrons. The summed E-state index contributed by atoms with van der Waals surface area (Å²) in [6.07, 6.45) is 9.56. The summed E-state index contributed by atoms with van der Waals surface area (Å²) in [5.41, 5.74) is 16.4. The zero-order chi connectivity index (χ0) is 93.3. The van der Waals surface area contributed by atoms with Crippen LogP contribution in [-0.4, -0.2) is 175 Å². The van der Waals surface area contributed by atoms with Crippen molar-refractivity contribution in [2.75, 3.05) is 78.2 Å². The number of anilines is 5. The molecule has 6 aliphatic rings. The Bertz CT molecular complexity index is 6730. The molecule has 0 aliphatic carbocycles. The van der Waals surface area contributed by atoms with E-state index in [1.165, 1.54) is 63.8 Å². The second kappa shape index (κ2) is 35.6. The average molecular weight is 1880 g/mol. The van der Waals surface area contributed by atoms with Gasteiger partial charge in [0.15, 0.2) is 11.3 Å². The zero-order valence-corrected chi connectivity index (χ0v) is 77.7. The summed E-state index contributed by atoms with van der Waals surface area (Å²) in [6, 6.07) is 19.2. The lowest BCUT2D eigenvalue weighted by molar-refractivity contribution is -0.129. The Hall–Kier alpha value is -12.2. The molecule has 18 rings (SSSR count). The normalized spacial score (nSPS) is 17.9. The first-order chi connectivity index (χ1) is 61.9. The number of phenolic OH excluding ortho intramolecular Hbond substituents is 2. The summed E-state index contributed by atoms with van der Waals surface area (Å²) in [5.74, 6) is -2.36. The van der Waals surface area contributed by atoms with Gasteiger partial charge in [0.25, 0.3) is 11.1 Å². The highest BCUT2D eigenvalue weighted by Crippen LogP contribution is 2.49. The number of nitrogens with zero attached hydrogens (tertiary/aromatic N) is 15. The van der Waals surface area contributed by atoms with Crippen LogP contribution >= 0.6 is 69.6 Å². The van der Waals surface area contributed by atoms with Gasteiger partial charge in [0.2, 0.25) is 23.5 Å². The number of halogens is 8. The lowest BCUT2D eigenvalue weighted by Gasteiger charge is -2.49. The molecule has 0 bridgehead atoms. The molecular weight excluding hydrogens is 1790 g/mol. The van der Waals surface area contributed by atoms with Crippen LogP contribution in [0.15, 0.2) is 150 Å². The van der Waals surface area contributed by atoms with E-state index in [0.717, 1.165) is 33.5 Å². The summed E-state index contributed by atoms with van der Waals surface area (Å²) < 4.78 is 43.2. The Kier molecular flexibility index (Phi) is 25.0. The Morgan fingerprint density at radius 2 is 0.892 bits per heavy atom. The van der Waals surface area contributed by atoms with Crippen LogP contribution in [0.3, 0.4) is 0 Å². The number of aryl methyl sites for hydroxylation is 3. The molecule has 6 atom stereocenters. The van der Waals surface area contributed by atoms with Crippen molar-refractivity contribution in [1.29, 1.82) is 0 Å². The molecule has 5 N–H and O–H groups in total. The number of nitrogens with one attached hydrogen (secondary N) is 1. The largest absolute Gasteiger partial charge is 0.508 e. The molecule has 3 amide bonds. The fraction of sp³-hybridized carbons (Fsp3) is 0.312. The van der Waals surface area contributed by atoms with Gasteiger partial charge < -0.3 is 55.4 Å². The zero-order valence-electron chi connectivity index (χ0n) is 73.2. The number of rotatable bonds is 12. The van der Waals surface area contributed by atoms with E-state index in [2.05, 4.69) is 63.7 Å². The van der Waals surface area contributed by atoms with Crippen molar-refractivity contribution in [1.82, 2.24) is 58.3 Å². The number of aromatic hydroxyl groups is 2. The number of aromatic nitrogens is 9. The highest BCUT2D eigenvalue weighted by Gasteiger charge is 2.46. The number of fused-ring (bicyclic) bond motifs is 15. The maximum atomic E-state index is 16.2. The van der Waals surface area contributed by atoms with Crippen LogP contribution in [0.2, 0.25) is 30.1 Å². The summed E-state index contributed by atoms with van der Waals surface area (Å²) in [5, 5.41) is 26.3. The van der Waals surface area contributed by atoms with Gasteiger partial charge >= 0.3 is 5.56 Å². The fourth-order valence-electron chi connectivity index (χ4n) is 18.8. The van der Waals surface area contributed by atoms with Crippen LogP contribution in [0, 0.1) is 32.4 Å². The predicted molar refractivity (Wildman–Crippen MR) is 511 cm³/mol. The molecule has 130 heavy (non-hydrogen) atoms. The topological polar surface area (TPSA) is 302 Å². The molecule has 34 heteroatoms. The summed E-state index contributed by atoms with van der Waals surface area (Å²) in [4.78, 5) is 122. The van der Waals surface area contributed by atoms with Crippen molar-refractivity contribution in [2.45, 2.75) is 144 Å². The van der Waals surface area contributed by atoms with Crippen LogP contribution in [0.5, 0.6) is 17.2 Å². The molecule has 6 aliphatic heterocycles. The molecule has 3 saturated heterocycles. The number of amides is 3. The summed E-state index contributed by atoms with van der Waals surface area (Å²) in [6.45, 7) is 37.7. The molecular formula is C96H93Cl6F2N17O9. The van der Waals surface area contributed by atoms with Crippen LogP contribution in [0.4, 0.5) is 37.2 Å². The van der Waals surface area contributed by atoms with E-state index in [0.29, 0.717) is 147 Å². The number of carbonyl (C=O) groups is 3. The molecule has 672 valence electrons. The molecule has 0 spiro atoms. The van der Waals surface area contributed by atoms with E-state index >= 15 is 8.78 Å². The minimum Gasteiger partial charge on any atom is -0.508 e. The number of piperazine rings is 3. The molecule has 12 aromatic rings. The number of pyridine rings is 9. The Morgan fingerprint density at radius 1 is 0.485 bits per heavy atom. The number of nitrogens with two attached hydrogens (primary N) is 1. The molecule has 26 nitrogen and oxygen atoms in total. The molecule has 3 aromatic carbocycles. The Labute approximate surface area is 777 Å². The van der Waals surface area contributed by atoms with Gasteiger partial charge in [-0.15, -0.1) is 0 Å². The van der Waals surface area contributed by atoms with Gasteiger partial charge in [0, 0.05) is 145 Å². The van der Waals surface area contributed by atoms with Crippen molar-refractivity contribution in [2.24, 2.45) is 0 Å². The number of ether oxygens (including phenoxy) is 1. The van der Waals surface area contributed by atoms with E-state index in [9.17, 15) is 39.0 Å². The van der Waals surface area contributed by atoms with Crippen molar-refractivity contribution in [3.63, 3.8) is 0 Å².